The van der Waals surface area contributed by atoms with Crippen LogP contribution in [0.2, 0.25) is 0 Å². The number of ketones is 2. The van der Waals surface area contributed by atoms with Gasteiger partial charge in [0.2, 0.25) is 11.8 Å². The van der Waals surface area contributed by atoms with Gasteiger partial charge >= 0.3 is 6.09 Å². The molecule has 3 aliphatic carbocycles. The lowest BCUT2D eigenvalue weighted by Crippen LogP contribution is -2.58. The number of methoxy groups -OCH3 is 1. The Balaban J connectivity index is 1.50. The Bertz CT molecular complexity index is 1880. The lowest BCUT2D eigenvalue weighted by molar-refractivity contribution is -0.138. The molecular weight excluding hydrogens is 598 g/mol. The normalized spacial score (nSPS) is 28.1. The van der Waals surface area contributed by atoms with Gasteiger partial charge in [0.15, 0.2) is 23.1 Å². The van der Waals surface area contributed by atoms with Crippen molar-refractivity contribution in [2.45, 2.75) is 31.1 Å². The Morgan fingerprint density at radius 3 is 2.32 bits per heavy atom. The van der Waals surface area contributed by atoms with E-state index in [4.69, 9.17) is 9.47 Å². The fourth-order valence-electron chi connectivity index (χ4n) is 8.50. The SMILES string of the molecule is CCOc1cc(C2C3=CCC4C(=O)N(C(=O)OC)C(=O)C4C3CC3C(=O)C(c4ccccc4)=CC(=O)C32c2ccccc2)ccc1O. The number of phenols is 1. The summed E-state index contributed by atoms with van der Waals surface area (Å²) in [6.45, 7) is 2.08. The van der Waals surface area contributed by atoms with E-state index in [1.807, 2.05) is 42.5 Å². The van der Waals surface area contributed by atoms with Crippen molar-refractivity contribution in [3.05, 3.63) is 113 Å². The Morgan fingerprint density at radius 2 is 1.64 bits per heavy atom. The van der Waals surface area contributed by atoms with Gasteiger partial charge in [0.25, 0.3) is 0 Å². The minimum Gasteiger partial charge on any atom is -0.504 e. The number of hydrogen-bond acceptors (Lipinski definition) is 8. The van der Waals surface area contributed by atoms with Crippen molar-refractivity contribution >= 4 is 35.0 Å². The number of phenolic OH excluding ortho intramolecular Hbond substituents is 1. The van der Waals surface area contributed by atoms with E-state index in [-0.39, 0.29) is 48.1 Å². The van der Waals surface area contributed by atoms with Gasteiger partial charge in [0.05, 0.1) is 31.0 Å². The summed E-state index contributed by atoms with van der Waals surface area (Å²) in [4.78, 5) is 70.5. The molecule has 0 aromatic heterocycles. The molecule has 1 saturated carbocycles. The monoisotopic (exact) mass is 631 g/mol. The van der Waals surface area contributed by atoms with Crippen LogP contribution in [0.15, 0.2) is 96.6 Å². The molecule has 3 aromatic rings. The Kier molecular flexibility index (Phi) is 7.42. The fraction of sp³-hybridized carbons (Fsp3) is 0.289. The molecule has 1 saturated heterocycles. The van der Waals surface area contributed by atoms with Crippen molar-refractivity contribution in [3.8, 4) is 11.5 Å². The van der Waals surface area contributed by atoms with Crippen molar-refractivity contribution in [1.29, 1.82) is 0 Å². The molecule has 0 spiro atoms. The number of amides is 3. The molecule has 3 amide bonds. The molecule has 1 heterocycles. The van der Waals surface area contributed by atoms with Crippen LogP contribution in [-0.4, -0.2) is 53.2 Å². The number of nitrogens with zero attached hydrogens (tertiary/aromatic N) is 1. The highest BCUT2D eigenvalue weighted by Gasteiger charge is 2.66. The van der Waals surface area contributed by atoms with Gasteiger partial charge in [-0.2, -0.15) is 4.90 Å². The van der Waals surface area contributed by atoms with Crippen LogP contribution < -0.4 is 4.74 Å². The minimum absolute atomic E-state index is 0.0754. The fourth-order valence-corrected chi connectivity index (χ4v) is 8.50. The number of likely N-dealkylation sites (tertiary alicyclic amines) is 1. The molecule has 6 atom stereocenters. The minimum atomic E-state index is -1.42. The highest BCUT2D eigenvalue weighted by molar-refractivity contribution is 6.31. The summed E-state index contributed by atoms with van der Waals surface area (Å²) in [6, 6.07) is 23.2. The average molecular weight is 632 g/mol. The molecule has 1 N–H and O–H groups in total. The number of imide groups is 3. The second-order valence-corrected chi connectivity index (χ2v) is 12.4. The Morgan fingerprint density at radius 1 is 0.936 bits per heavy atom. The predicted molar refractivity (Wildman–Crippen MR) is 170 cm³/mol. The van der Waals surface area contributed by atoms with Gasteiger partial charge in [-0.05, 0) is 60.6 Å². The zero-order valence-corrected chi connectivity index (χ0v) is 25.9. The van der Waals surface area contributed by atoms with Gasteiger partial charge in [-0.15, -0.1) is 0 Å². The van der Waals surface area contributed by atoms with E-state index in [0.717, 1.165) is 12.7 Å². The number of fused-ring (bicyclic) bond motifs is 4. The number of carbonyl (C=O) groups is 5. The van der Waals surface area contributed by atoms with Gasteiger partial charge < -0.3 is 14.6 Å². The zero-order chi connectivity index (χ0) is 33.0. The van der Waals surface area contributed by atoms with Gasteiger partial charge in [-0.3, -0.25) is 19.2 Å². The number of rotatable bonds is 5. The quantitative estimate of drug-likeness (QED) is 0.294. The number of benzene rings is 3. The van der Waals surface area contributed by atoms with Crippen LogP contribution in [0, 0.1) is 23.7 Å². The highest BCUT2D eigenvalue weighted by Crippen LogP contribution is 2.64. The molecule has 2 fully saturated rings. The maximum Gasteiger partial charge on any atom is 0.423 e. The first-order valence-electron chi connectivity index (χ1n) is 15.8. The molecule has 238 valence electrons. The largest absolute Gasteiger partial charge is 0.504 e. The lowest BCUT2D eigenvalue weighted by atomic mass is 9.44. The standard InChI is InChI=1S/C38H33NO8/c1-3-47-30-18-22(14-17-29(30)40)33-24-15-16-25-32(36(44)39(35(25)43)37(45)46-2)27(24)19-28-34(42)26(21-10-6-4-7-11-21)20-31(41)38(28,33)23-12-8-5-9-13-23/h4-15,17-18,20,25,27-28,32-33,40H,3,16,19H2,1-2H3. The van der Waals surface area contributed by atoms with Crippen LogP contribution in [-0.2, 0) is 29.3 Å². The molecule has 0 bridgehead atoms. The van der Waals surface area contributed by atoms with E-state index < -0.39 is 52.9 Å². The van der Waals surface area contributed by atoms with E-state index >= 15 is 4.79 Å². The lowest BCUT2D eigenvalue weighted by Gasteiger charge is -2.55. The second-order valence-electron chi connectivity index (χ2n) is 12.4. The Labute approximate surface area is 271 Å². The molecule has 9 nitrogen and oxygen atoms in total. The molecule has 6 unspecified atom stereocenters. The third-order valence-corrected chi connectivity index (χ3v) is 10.3. The van der Waals surface area contributed by atoms with Gasteiger partial charge in [0, 0.05) is 17.4 Å². The van der Waals surface area contributed by atoms with E-state index in [0.29, 0.717) is 21.6 Å². The van der Waals surface area contributed by atoms with Crippen molar-refractivity contribution in [2.75, 3.05) is 13.7 Å². The third-order valence-electron chi connectivity index (χ3n) is 10.3. The maximum atomic E-state index is 15.0. The number of aromatic hydroxyl groups is 1. The Hall–Kier alpha value is -5.31. The summed E-state index contributed by atoms with van der Waals surface area (Å²) in [5, 5.41) is 10.7. The van der Waals surface area contributed by atoms with Gasteiger partial charge in [0.1, 0.15) is 0 Å². The molecule has 47 heavy (non-hydrogen) atoms. The first kappa shape index (κ1) is 30.3. The number of Topliss-reactive ketones (excluding diaryl/α,β-unsaturated/α-hetero) is 1. The smallest absolute Gasteiger partial charge is 0.423 e. The van der Waals surface area contributed by atoms with Crippen molar-refractivity contribution in [2.24, 2.45) is 23.7 Å². The summed E-state index contributed by atoms with van der Waals surface area (Å²) < 4.78 is 10.6. The van der Waals surface area contributed by atoms with Crippen LogP contribution in [0.3, 0.4) is 0 Å². The van der Waals surface area contributed by atoms with Crippen molar-refractivity contribution in [1.82, 2.24) is 4.90 Å². The van der Waals surface area contributed by atoms with Crippen LogP contribution in [0.1, 0.15) is 42.4 Å². The molecule has 1 aliphatic heterocycles. The first-order valence-corrected chi connectivity index (χ1v) is 15.8. The molecule has 0 radical (unpaired) electrons. The van der Waals surface area contributed by atoms with Crippen molar-refractivity contribution < 1.29 is 38.6 Å². The van der Waals surface area contributed by atoms with Gasteiger partial charge in [-0.1, -0.05) is 78.4 Å². The number of hydrogen-bond donors (Lipinski definition) is 1. The molecule has 9 heteroatoms. The first-order chi connectivity index (χ1) is 22.7. The van der Waals surface area contributed by atoms with E-state index in [9.17, 15) is 24.3 Å². The molecule has 3 aromatic carbocycles. The summed E-state index contributed by atoms with van der Waals surface area (Å²) in [5.41, 5.74) is 1.49. The van der Waals surface area contributed by atoms with E-state index in [1.165, 1.54) is 12.1 Å². The van der Waals surface area contributed by atoms with Gasteiger partial charge in [-0.25, -0.2) is 4.79 Å². The topological polar surface area (TPSA) is 127 Å². The van der Waals surface area contributed by atoms with E-state index in [2.05, 4.69) is 0 Å². The summed E-state index contributed by atoms with van der Waals surface area (Å²) >= 11 is 0. The summed E-state index contributed by atoms with van der Waals surface area (Å²) in [6.07, 6.45) is 2.60. The summed E-state index contributed by atoms with van der Waals surface area (Å²) in [5.74, 6) is -5.70. The van der Waals surface area contributed by atoms with Crippen LogP contribution in [0.4, 0.5) is 4.79 Å². The number of ether oxygens (including phenoxy) is 2. The second kappa shape index (κ2) is 11.5. The van der Waals surface area contributed by atoms with Crippen LogP contribution in [0.25, 0.3) is 5.57 Å². The highest BCUT2D eigenvalue weighted by atomic mass is 16.5. The van der Waals surface area contributed by atoms with E-state index in [1.54, 1.807) is 43.3 Å². The molecular formula is C38H33NO8. The van der Waals surface area contributed by atoms with Crippen molar-refractivity contribution in [3.63, 3.8) is 0 Å². The molecule has 4 aliphatic rings. The number of allylic oxidation sites excluding steroid dienone is 4. The maximum absolute atomic E-state index is 15.0. The van der Waals surface area contributed by atoms with Crippen LogP contribution in [0.5, 0.6) is 11.5 Å². The predicted octanol–water partition coefficient (Wildman–Crippen LogP) is 5.38. The molecule has 7 rings (SSSR count). The number of carbonyl (C=O) groups excluding carboxylic acids is 5. The zero-order valence-electron chi connectivity index (χ0n) is 25.9. The third kappa shape index (κ3) is 4.40. The summed E-state index contributed by atoms with van der Waals surface area (Å²) in [7, 11) is 1.12. The van der Waals surface area contributed by atoms with Crippen LogP contribution >= 0.6 is 0 Å². The average Bonchev–Trinajstić information content (AvgIpc) is 3.36.